The molecule has 98 valence electrons. The lowest BCUT2D eigenvalue weighted by Gasteiger charge is -2.10. The summed E-state index contributed by atoms with van der Waals surface area (Å²) in [5.41, 5.74) is 0.574. The summed E-state index contributed by atoms with van der Waals surface area (Å²) in [7, 11) is 1.73. The van der Waals surface area contributed by atoms with Crippen LogP contribution in [0, 0.1) is 0 Å². The van der Waals surface area contributed by atoms with Gasteiger partial charge in [0.15, 0.2) is 11.5 Å². The molecular formula is C9H15NO6S. The summed E-state index contributed by atoms with van der Waals surface area (Å²) in [4.78, 5) is 0. The van der Waals surface area contributed by atoms with Crippen LogP contribution in [0.25, 0.3) is 0 Å². The summed E-state index contributed by atoms with van der Waals surface area (Å²) < 4.78 is 22.8. The van der Waals surface area contributed by atoms with E-state index in [1.165, 1.54) is 12.1 Å². The normalized spacial score (nSPS) is 11.8. The maximum Gasteiger partial charge on any atom is 0.299 e. The largest absolute Gasteiger partial charge is 0.504 e. The van der Waals surface area contributed by atoms with Crippen molar-refractivity contribution in [2.45, 2.75) is 6.10 Å². The lowest BCUT2D eigenvalue weighted by atomic mass is 10.1. The lowest BCUT2D eigenvalue weighted by molar-refractivity contribution is 0.177. The molecule has 1 aromatic carbocycles. The lowest BCUT2D eigenvalue weighted by Crippen LogP contribution is -2.16. The van der Waals surface area contributed by atoms with Crippen molar-refractivity contribution in [3.8, 4) is 11.5 Å². The Labute approximate surface area is 101 Å². The van der Waals surface area contributed by atoms with Crippen molar-refractivity contribution in [1.82, 2.24) is 5.32 Å². The quantitative estimate of drug-likeness (QED) is 0.336. The molecule has 0 fully saturated rings. The molecule has 0 aliphatic rings. The number of benzene rings is 1. The Morgan fingerprint density at radius 1 is 1.29 bits per heavy atom. The first kappa shape index (κ1) is 15.8. The van der Waals surface area contributed by atoms with Crippen LogP contribution in [0.1, 0.15) is 11.7 Å². The highest BCUT2D eigenvalue weighted by Crippen LogP contribution is 2.27. The van der Waals surface area contributed by atoms with Gasteiger partial charge < -0.3 is 20.6 Å². The van der Waals surface area contributed by atoms with Crippen molar-refractivity contribution in [3.05, 3.63) is 23.8 Å². The Balaban J connectivity index is 0.000000557. The molecule has 17 heavy (non-hydrogen) atoms. The third kappa shape index (κ3) is 6.87. The Morgan fingerprint density at radius 2 is 1.82 bits per heavy atom. The molecule has 0 aromatic heterocycles. The number of phenolic OH excluding ortho intramolecular Hbond substituents is 2. The van der Waals surface area contributed by atoms with Gasteiger partial charge in [0, 0.05) is 6.54 Å². The SMILES string of the molecule is CNCC(O)c1ccc(O)c(O)c1.O=S(O)O. The first-order valence-corrected chi connectivity index (χ1v) is 5.59. The molecule has 1 atom stereocenters. The molecule has 1 aromatic rings. The van der Waals surface area contributed by atoms with E-state index >= 15 is 0 Å². The van der Waals surface area contributed by atoms with Crippen LogP contribution in [-0.2, 0) is 11.4 Å². The molecule has 0 heterocycles. The summed E-state index contributed by atoms with van der Waals surface area (Å²) in [6.45, 7) is 0.407. The minimum atomic E-state index is -2.61. The van der Waals surface area contributed by atoms with Gasteiger partial charge in [-0.15, -0.1) is 0 Å². The summed E-state index contributed by atoms with van der Waals surface area (Å²) in [6.07, 6.45) is -0.670. The smallest absolute Gasteiger partial charge is 0.299 e. The number of likely N-dealkylation sites (N-methyl/N-ethyl adjacent to an activating group) is 1. The van der Waals surface area contributed by atoms with Gasteiger partial charge in [-0.25, -0.2) is 0 Å². The Morgan fingerprint density at radius 3 is 2.24 bits per heavy atom. The van der Waals surface area contributed by atoms with Gasteiger partial charge in [0.2, 0.25) is 0 Å². The van der Waals surface area contributed by atoms with Gasteiger partial charge in [-0.05, 0) is 24.7 Å². The topological polar surface area (TPSA) is 130 Å². The first-order chi connectivity index (χ1) is 7.88. The number of hydrogen-bond donors (Lipinski definition) is 6. The van der Waals surface area contributed by atoms with Crippen LogP contribution in [-0.4, -0.2) is 42.2 Å². The van der Waals surface area contributed by atoms with E-state index < -0.39 is 17.5 Å². The van der Waals surface area contributed by atoms with E-state index in [9.17, 15) is 5.11 Å². The molecule has 0 saturated carbocycles. The molecule has 0 amide bonds. The maximum absolute atomic E-state index is 9.48. The Kier molecular flexibility index (Phi) is 7.42. The van der Waals surface area contributed by atoms with Crippen LogP contribution >= 0.6 is 0 Å². The van der Waals surface area contributed by atoms with Crippen LogP contribution < -0.4 is 5.32 Å². The summed E-state index contributed by atoms with van der Waals surface area (Å²) in [5.74, 6) is -0.395. The van der Waals surface area contributed by atoms with E-state index in [2.05, 4.69) is 5.32 Å². The first-order valence-electron chi connectivity index (χ1n) is 4.53. The van der Waals surface area contributed by atoms with Crippen LogP contribution in [0.15, 0.2) is 18.2 Å². The molecular weight excluding hydrogens is 250 g/mol. The standard InChI is InChI=1S/C9H13NO3.H2O3S/c1-10-5-9(13)6-2-3-7(11)8(12)4-6;1-4(2)3/h2-4,9-13H,5H2,1H3;(H2,1,2,3). The molecule has 6 N–H and O–H groups in total. The molecule has 0 saturated heterocycles. The van der Waals surface area contributed by atoms with Gasteiger partial charge in [-0.2, -0.15) is 4.21 Å². The van der Waals surface area contributed by atoms with E-state index in [4.69, 9.17) is 23.5 Å². The maximum atomic E-state index is 9.48. The highest BCUT2D eigenvalue weighted by Gasteiger charge is 2.08. The molecule has 0 aliphatic heterocycles. The van der Waals surface area contributed by atoms with Gasteiger partial charge >= 0.3 is 0 Å². The predicted octanol–water partition coefficient (Wildman–Crippen LogP) is 0.0317. The average molecular weight is 265 g/mol. The molecule has 0 aliphatic carbocycles. The predicted molar refractivity (Wildman–Crippen MR) is 62.1 cm³/mol. The highest BCUT2D eigenvalue weighted by molar-refractivity contribution is 7.73. The van der Waals surface area contributed by atoms with Gasteiger partial charge in [0.05, 0.1) is 6.10 Å². The Hall–Kier alpha value is -1.19. The number of aliphatic hydroxyl groups excluding tert-OH is 1. The second-order valence-corrected chi connectivity index (χ2v) is 3.51. The minimum absolute atomic E-state index is 0.180. The van der Waals surface area contributed by atoms with Crippen molar-refractivity contribution < 1.29 is 28.6 Å². The van der Waals surface area contributed by atoms with Crippen molar-refractivity contribution in [1.29, 1.82) is 0 Å². The third-order valence-corrected chi connectivity index (χ3v) is 1.78. The second kappa shape index (κ2) is 7.98. The molecule has 0 bridgehead atoms. The van der Waals surface area contributed by atoms with Crippen molar-refractivity contribution >= 4 is 11.4 Å². The summed E-state index contributed by atoms with van der Waals surface area (Å²) in [5, 5.41) is 30.4. The van der Waals surface area contributed by atoms with E-state index in [1.54, 1.807) is 13.1 Å². The van der Waals surface area contributed by atoms with E-state index in [1.807, 2.05) is 0 Å². The highest BCUT2D eigenvalue weighted by atomic mass is 32.2. The number of aliphatic hydroxyl groups is 1. The molecule has 1 rings (SSSR count). The fourth-order valence-corrected chi connectivity index (χ4v) is 1.06. The van der Waals surface area contributed by atoms with E-state index in [-0.39, 0.29) is 11.5 Å². The number of rotatable bonds is 3. The molecule has 0 radical (unpaired) electrons. The second-order valence-electron chi connectivity index (χ2n) is 3.05. The molecule has 7 nitrogen and oxygen atoms in total. The zero-order valence-electron chi connectivity index (χ0n) is 9.07. The zero-order valence-corrected chi connectivity index (χ0v) is 9.89. The van der Waals surface area contributed by atoms with Gasteiger partial charge in [-0.3, -0.25) is 9.11 Å². The zero-order chi connectivity index (χ0) is 13.4. The van der Waals surface area contributed by atoms with Crippen molar-refractivity contribution in [3.63, 3.8) is 0 Å². The fourth-order valence-electron chi connectivity index (χ4n) is 1.06. The van der Waals surface area contributed by atoms with Crippen LogP contribution in [0.5, 0.6) is 11.5 Å². The average Bonchev–Trinajstić information content (AvgIpc) is 2.21. The summed E-state index contributed by atoms with van der Waals surface area (Å²) in [6, 6.07) is 4.26. The number of hydrogen-bond acceptors (Lipinski definition) is 5. The minimum Gasteiger partial charge on any atom is -0.504 e. The van der Waals surface area contributed by atoms with Crippen molar-refractivity contribution in [2.24, 2.45) is 0 Å². The molecule has 8 heteroatoms. The van der Waals surface area contributed by atoms with E-state index in [0.717, 1.165) is 0 Å². The molecule has 0 spiro atoms. The van der Waals surface area contributed by atoms with Gasteiger partial charge in [0.25, 0.3) is 11.4 Å². The third-order valence-electron chi connectivity index (χ3n) is 1.78. The van der Waals surface area contributed by atoms with E-state index in [0.29, 0.717) is 12.1 Å². The summed E-state index contributed by atoms with van der Waals surface area (Å²) >= 11 is -2.61. The van der Waals surface area contributed by atoms with Crippen LogP contribution in [0.3, 0.4) is 0 Å². The van der Waals surface area contributed by atoms with Crippen molar-refractivity contribution in [2.75, 3.05) is 13.6 Å². The molecule has 1 unspecified atom stereocenters. The van der Waals surface area contributed by atoms with Crippen LogP contribution in [0.4, 0.5) is 0 Å². The Bertz CT molecular complexity index is 369. The number of nitrogens with one attached hydrogen (secondary N) is 1. The fraction of sp³-hybridized carbons (Fsp3) is 0.333. The number of aromatic hydroxyl groups is 2. The number of phenols is 2. The monoisotopic (exact) mass is 265 g/mol. The van der Waals surface area contributed by atoms with Gasteiger partial charge in [-0.1, -0.05) is 6.07 Å². The van der Waals surface area contributed by atoms with Crippen LogP contribution in [0.2, 0.25) is 0 Å². The van der Waals surface area contributed by atoms with Gasteiger partial charge in [0.1, 0.15) is 0 Å².